The van der Waals surface area contributed by atoms with Crippen LogP contribution >= 0.6 is 23.1 Å². The number of methoxy groups -OCH3 is 2. The second-order valence-corrected chi connectivity index (χ2v) is 12.7. The topological polar surface area (TPSA) is 100 Å². The third-order valence-electron chi connectivity index (χ3n) is 7.89. The molecule has 0 fully saturated rings. The number of H-pyrrole nitrogens is 1. The number of nitrogens with one attached hydrogen (secondary N) is 2. The highest BCUT2D eigenvalue weighted by Crippen LogP contribution is 2.42. The molecule has 2 aromatic heterocycles. The smallest absolute Gasteiger partial charge is 0.225 e. The lowest BCUT2D eigenvalue weighted by Gasteiger charge is -2.22. The van der Waals surface area contributed by atoms with Crippen LogP contribution in [0.2, 0.25) is 0 Å². The van der Waals surface area contributed by atoms with Gasteiger partial charge in [0.15, 0.2) is 5.16 Å². The van der Waals surface area contributed by atoms with E-state index in [4.69, 9.17) is 14.5 Å². The van der Waals surface area contributed by atoms with Crippen LogP contribution in [0.3, 0.4) is 0 Å². The van der Waals surface area contributed by atoms with Crippen LogP contribution in [0, 0.1) is 11.3 Å². The number of ether oxygens (including phenoxy) is 2. The normalized spacial score (nSPS) is 14.0. The van der Waals surface area contributed by atoms with E-state index in [1.165, 1.54) is 22.2 Å². The summed E-state index contributed by atoms with van der Waals surface area (Å²) in [6.45, 7) is 0. The second kappa shape index (κ2) is 13.4. The molecule has 2 heterocycles. The molecule has 1 amide bonds. The highest BCUT2D eigenvalue weighted by atomic mass is 32.2. The SMILES string of the molecule is COc1ccc(-c2nc(SCCC(=O)Nc3sc4c(c3C#N)CCC(c3ccccc3)C4)[nH]c2-c2ccc(OC)cc2)cc1. The average molecular weight is 621 g/mol. The summed E-state index contributed by atoms with van der Waals surface area (Å²) in [7, 11) is 3.29. The summed E-state index contributed by atoms with van der Waals surface area (Å²) in [5.74, 6) is 2.42. The molecule has 6 rings (SSSR count). The minimum Gasteiger partial charge on any atom is -0.497 e. The van der Waals surface area contributed by atoms with E-state index in [0.717, 1.165) is 64.0 Å². The van der Waals surface area contributed by atoms with Crippen molar-refractivity contribution in [3.8, 4) is 40.1 Å². The number of carbonyl (C=O) groups is 1. The van der Waals surface area contributed by atoms with E-state index < -0.39 is 0 Å². The lowest BCUT2D eigenvalue weighted by Crippen LogP contribution is -2.12. The van der Waals surface area contributed by atoms with Crippen molar-refractivity contribution in [1.82, 2.24) is 9.97 Å². The van der Waals surface area contributed by atoms with Gasteiger partial charge in [0, 0.05) is 28.2 Å². The van der Waals surface area contributed by atoms with Crippen molar-refractivity contribution in [3.05, 3.63) is 100 Å². The minimum absolute atomic E-state index is 0.107. The number of hydrogen-bond acceptors (Lipinski definition) is 7. The Morgan fingerprint density at radius 1 is 1.02 bits per heavy atom. The number of nitriles is 1. The fourth-order valence-corrected chi connectivity index (χ4v) is 7.68. The molecule has 0 saturated heterocycles. The fourth-order valence-electron chi connectivity index (χ4n) is 5.58. The maximum atomic E-state index is 13.0. The third-order valence-corrected chi connectivity index (χ3v) is 9.94. The lowest BCUT2D eigenvalue weighted by atomic mass is 9.83. The van der Waals surface area contributed by atoms with E-state index >= 15 is 0 Å². The van der Waals surface area contributed by atoms with Crippen LogP contribution in [-0.2, 0) is 17.6 Å². The van der Waals surface area contributed by atoms with Gasteiger partial charge in [0.25, 0.3) is 0 Å². The molecule has 0 bridgehead atoms. The number of carbonyl (C=O) groups excluding carboxylic acids is 1. The van der Waals surface area contributed by atoms with E-state index in [-0.39, 0.29) is 5.91 Å². The van der Waals surface area contributed by atoms with Gasteiger partial charge in [-0.2, -0.15) is 5.26 Å². The van der Waals surface area contributed by atoms with Gasteiger partial charge in [-0.15, -0.1) is 11.3 Å². The Morgan fingerprint density at radius 3 is 2.36 bits per heavy atom. The van der Waals surface area contributed by atoms with Crippen molar-refractivity contribution >= 4 is 34.0 Å². The van der Waals surface area contributed by atoms with Crippen molar-refractivity contribution in [2.45, 2.75) is 36.8 Å². The summed E-state index contributed by atoms with van der Waals surface area (Å²) >= 11 is 3.05. The molecule has 5 aromatic rings. The first-order valence-electron chi connectivity index (χ1n) is 14.5. The van der Waals surface area contributed by atoms with Gasteiger partial charge >= 0.3 is 0 Å². The molecule has 1 aliphatic rings. The van der Waals surface area contributed by atoms with Gasteiger partial charge in [-0.25, -0.2) is 4.98 Å². The van der Waals surface area contributed by atoms with Crippen molar-refractivity contribution in [1.29, 1.82) is 5.26 Å². The van der Waals surface area contributed by atoms with Gasteiger partial charge in [0.2, 0.25) is 5.91 Å². The zero-order chi connectivity index (χ0) is 30.5. The van der Waals surface area contributed by atoms with E-state index in [1.807, 2.05) is 54.6 Å². The van der Waals surface area contributed by atoms with Crippen LogP contribution in [0.25, 0.3) is 22.5 Å². The van der Waals surface area contributed by atoms with E-state index in [9.17, 15) is 10.1 Å². The number of thiophene rings is 1. The molecule has 3 aromatic carbocycles. The summed E-state index contributed by atoms with van der Waals surface area (Å²) in [6.07, 6.45) is 3.05. The summed E-state index contributed by atoms with van der Waals surface area (Å²) in [5.41, 5.74) is 6.70. The first-order chi connectivity index (χ1) is 21.6. The Balaban J connectivity index is 1.13. The third kappa shape index (κ3) is 6.37. The van der Waals surface area contributed by atoms with Crippen molar-refractivity contribution < 1.29 is 14.3 Å². The van der Waals surface area contributed by atoms with Gasteiger partial charge in [-0.3, -0.25) is 4.79 Å². The number of anilines is 1. The Kier molecular flexibility index (Phi) is 9.01. The Hall–Kier alpha value is -4.52. The van der Waals surface area contributed by atoms with Crippen molar-refractivity contribution in [2.75, 3.05) is 25.3 Å². The molecule has 7 nitrogen and oxygen atoms in total. The number of benzene rings is 3. The predicted octanol–water partition coefficient (Wildman–Crippen LogP) is 8.09. The van der Waals surface area contributed by atoms with Crippen LogP contribution in [0.15, 0.2) is 84.0 Å². The molecule has 1 aliphatic carbocycles. The van der Waals surface area contributed by atoms with Crippen molar-refractivity contribution in [2.24, 2.45) is 0 Å². The first kappa shape index (κ1) is 29.5. The molecule has 0 saturated carbocycles. The van der Waals surface area contributed by atoms with Gasteiger partial charge < -0.3 is 19.8 Å². The zero-order valence-corrected chi connectivity index (χ0v) is 26.2. The quantitative estimate of drug-likeness (QED) is 0.153. The van der Waals surface area contributed by atoms with Gasteiger partial charge in [0.1, 0.15) is 22.6 Å². The Labute approximate surface area is 265 Å². The predicted molar refractivity (Wildman–Crippen MR) is 177 cm³/mol. The zero-order valence-electron chi connectivity index (χ0n) is 24.6. The van der Waals surface area contributed by atoms with Crippen LogP contribution in [0.4, 0.5) is 5.00 Å². The molecule has 2 N–H and O–H groups in total. The molecule has 1 atom stereocenters. The second-order valence-electron chi connectivity index (χ2n) is 10.5. The first-order valence-corrected chi connectivity index (χ1v) is 16.3. The Bertz CT molecular complexity index is 1720. The number of rotatable bonds is 10. The van der Waals surface area contributed by atoms with Gasteiger partial charge in [-0.1, -0.05) is 42.1 Å². The van der Waals surface area contributed by atoms with Crippen LogP contribution in [0.5, 0.6) is 11.5 Å². The Morgan fingerprint density at radius 2 is 1.70 bits per heavy atom. The molecule has 0 spiro atoms. The number of nitrogens with zero attached hydrogens (tertiary/aromatic N) is 2. The maximum absolute atomic E-state index is 13.0. The standard InChI is InChI=1S/C35H32N4O3S2/c1-41-26-13-8-23(9-14-26)32-33(24-10-15-27(42-2)16-11-24)39-35(38-32)43-19-18-31(40)37-34-29(21-36)28-17-12-25(20-30(28)44-34)22-6-4-3-5-7-22/h3-11,13-16,25H,12,17-20H2,1-2H3,(H,37,40)(H,38,39). The molecular weight excluding hydrogens is 589 g/mol. The number of aromatic amines is 1. The van der Waals surface area contributed by atoms with Gasteiger partial charge in [-0.05, 0) is 84.8 Å². The summed E-state index contributed by atoms with van der Waals surface area (Å²) in [6, 6.07) is 28.5. The number of fused-ring (bicyclic) bond motifs is 1. The summed E-state index contributed by atoms with van der Waals surface area (Å²) in [5, 5.41) is 14.4. The van der Waals surface area contributed by atoms with Crippen LogP contribution in [0.1, 0.15) is 40.3 Å². The number of imidazole rings is 1. The largest absolute Gasteiger partial charge is 0.497 e. The van der Waals surface area contributed by atoms with Gasteiger partial charge in [0.05, 0.1) is 31.2 Å². The highest BCUT2D eigenvalue weighted by Gasteiger charge is 2.27. The lowest BCUT2D eigenvalue weighted by molar-refractivity contribution is -0.115. The van der Waals surface area contributed by atoms with E-state index in [0.29, 0.717) is 28.7 Å². The number of aromatic nitrogens is 2. The molecule has 222 valence electrons. The van der Waals surface area contributed by atoms with E-state index in [2.05, 4.69) is 40.6 Å². The molecular formula is C35H32N4O3S2. The maximum Gasteiger partial charge on any atom is 0.225 e. The molecule has 0 radical (unpaired) electrons. The number of amides is 1. The summed E-state index contributed by atoms with van der Waals surface area (Å²) < 4.78 is 10.7. The molecule has 1 unspecified atom stereocenters. The van der Waals surface area contributed by atoms with Crippen LogP contribution in [-0.4, -0.2) is 35.8 Å². The van der Waals surface area contributed by atoms with Crippen molar-refractivity contribution in [3.63, 3.8) is 0 Å². The van der Waals surface area contributed by atoms with E-state index in [1.54, 1.807) is 25.6 Å². The molecule has 9 heteroatoms. The van der Waals surface area contributed by atoms with Crippen LogP contribution < -0.4 is 14.8 Å². The highest BCUT2D eigenvalue weighted by molar-refractivity contribution is 7.99. The monoisotopic (exact) mass is 620 g/mol. The summed E-state index contributed by atoms with van der Waals surface area (Å²) in [4.78, 5) is 22.6. The molecule has 0 aliphatic heterocycles. The minimum atomic E-state index is -0.107. The fraction of sp³-hybridized carbons (Fsp3) is 0.229. The number of thioether (sulfide) groups is 1. The number of hydrogen-bond donors (Lipinski definition) is 2. The average Bonchev–Trinajstić information content (AvgIpc) is 3.65. The molecule has 44 heavy (non-hydrogen) atoms.